The SMILES string of the molecule is CC(O)C1CCN(C(C)C(=O)NC2CCCCC2)CC1. The number of piperidine rings is 1. The van der Waals surface area contributed by atoms with E-state index in [4.69, 9.17) is 0 Å². The Morgan fingerprint density at radius 1 is 1.10 bits per heavy atom. The van der Waals surface area contributed by atoms with Crippen LogP contribution in [0, 0.1) is 5.92 Å². The van der Waals surface area contributed by atoms with E-state index in [1.807, 2.05) is 13.8 Å². The number of aliphatic hydroxyl groups excluding tert-OH is 1. The Bertz CT molecular complexity index is 306. The average molecular weight is 282 g/mol. The van der Waals surface area contributed by atoms with E-state index < -0.39 is 0 Å². The van der Waals surface area contributed by atoms with Crippen LogP contribution in [0.5, 0.6) is 0 Å². The molecule has 0 aromatic rings. The van der Waals surface area contributed by atoms with Gasteiger partial charge in [-0.05, 0) is 58.5 Å². The number of carbonyl (C=O) groups excluding carboxylic acids is 1. The molecule has 1 heterocycles. The molecule has 1 saturated carbocycles. The molecular formula is C16H30N2O2. The molecule has 2 unspecified atom stereocenters. The molecule has 0 radical (unpaired) electrons. The fourth-order valence-corrected chi connectivity index (χ4v) is 3.52. The van der Waals surface area contributed by atoms with Gasteiger partial charge in [0.2, 0.25) is 5.91 Å². The number of hydrogen-bond donors (Lipinski definition) is 2. The van der Waals surface area contributed by atoms with Crippen LogP contribution in [0.25, 0.3) is 0 Å². The molecule has 2 N–H and O–H groups in total. The van der Waals surface area contributed by atoms with Crippen LogP contribution in [-0.4, -0.2) is 47.2 Å². The van der Waals surface area contributed by atoms with Crippen molar-refractivity contribution in [2.24, 2.45) is 5.92 Å². The van der Waals surface area contributed by atoms with E-state index in [0.717, 1.165) is 38.8 Å². The maximum atomic E-state index is 12.3. The summed E-state index contributed by atoms with van der Waals surface area (Å²) in [6, 6.07) is 0.362. The molecule has 2 aliphatic rings. The first-order chi connectivity index (χ1) is 9.58. The first kappa shape index (κ1) is 15.8. The Labute approximate surface area is 122 Å². The van der Waals surface area contributed by atoms with E-state index in [9.17, 15) is 9.90 Å². The fraction of sp³-hybridized carbons (Fsp3) is 0.938. The average Bonchev–Trinajstić information content (AvgIpc) is 2.47. The van der Waals surface area contributed by atoms with Crippen molar-refractivity contribution in [3.05, 3.63) is 0 Å². The van der Waals surface area contributed by atoms with Gasteiger partial charge in [0.15, 0.2) is 0 Å². The van der Waals surface area contributed by atoms with Crippen molar-refractivity contribution in [1.29, 1.82) is 0 Å². The van der Waals surface area contributed by atoms with Gasteiger partial charge in [0.05, 0.1) is 12.1 Å². The molecular weight excluding hydrogens is 252 g/mol. The smallest absolute Gasteiger partial charge is 0.237 e. The summed E-state index contributed by atoms with van der Waals surface area (Å²) in [6.45, 7) is 5.74. The summed E-state index contributed by atoms with van der Waals surface area (Å²) < 4.78 is 0. The molecule has 2 rings (SSSR count). The highest BCUT2D eigenvalue weighted by Gasteiger charge is 2.29. The monoisotopic (exact) mass is 282 g/mol. The fourth-order valence-electron chi connectivity index (χ4n) is 3.52. The molecule has 2 fully saturated rings. The van der Waals surface area contributed by atoms with E-state index in [1.54, 1.807) is 0 Å². The predicted octanol–water partition coefficient (Wildman–Crippen LogP) is 1.92. The van der Waals surface area contributed by atoms with Gasteiger partial charge >= 0.3 is 0 Å². The topological polar surface area (TPSA) is 52.6 Å². The third-order valence-electron chi connectivity index (χ3n) is 5.14. The van der Waals surface area contributed by atoms with Gasteiger partial charge in [0, 0.05) is 6.04 Å². The predicted molar refractivity (Wildman–Crippen MR) is 80.5 cm³/mol. The van der Waals surface area contributed by atoms with E-state index in [0.29, 0.717) is 12.0 Å². The number of likely N-dealkylation sites (tertiary alicyclic amines) is 1. The molecule has 1 amide bonds. The van der Waals surface area contributed by atoms with Crippen LogP contribution in [0.1, 0.15) is 58.8 Å². The Morgan fingerprint density at radius 3 is 2.25 bits per heavy atom. The molecule has 0 aromatic carbocycles. The molecule has 4 nitrogen and oxygen atoms in total. The molecule has 1 aliphatic heterocycles. The zero-order valence-corrected chi connectivity index (χ0v) is 13.0. The molecule has 2 atom stereocenters. The maximum absolute atomic E-state index is 12.3. The zero-order chi connectivity index (χ0) is 14.5. The Hall–Kier alpha value is -0.610. The summed E-state index contributed by atoms with van der Waals surface area (Å²) in [7, 11) is 0. The molecule has 0 bridgehead atoms. The van der Waals surface area contributed by atoms with Gasteiger partial charge in [-0.15, -0.1) is 0 Å². The molecule has 0 spiro atoms. The Balaban J connectivity index is 1.76. The van der Waals surface area contributed by atoms with Crippen LogP contribution in [0.4, 0.5) is 0 Å². The highest BCUT2D eigenvalue weighted by atomic mass is 16.3. The van der Waals surface area contributed by atoms with Crippen molar-refractivity contribution in [3.8, 4) is 0 Å². The number of nitrogens with zero attached hydrogens (tertiary/aromatic N) is 1. The Morgan fingerprint density at radius 2 is 1.70 bits per heavy atom. The highest BCUT2D eigenvalue weighted by Crippen LogP contribution is 2.22. The van der Waals surface area contributed by atoms with E-state index in [2.05, 4.69) is 10.2 Å². The van der Waals surface area contributed by atoms with Gasteiger partial charge in [-0.2, -0.15) is 0 Å². The number of rotatable bonds is 4. The second kappa shape index (κ2) is 7.41. The van der Waals surface area contributed by atoms with Crippen LogP contribution < -0.4 is 5.32 Å². The van der Waals surface area contributed by atoms with Crippen LogP contribution in [-0.2, 0) is 4.79 Å². The molecule has 4 heteroatoms. The minimum Gasteiger partial charge on any atom is -0.393 e. The summed E-state index contributed by atoms with van der Waals surface area (Å²) in [6.07, 6.45) is 7.87. The van der Waals surface area contributed by atoms with E-state index >= 15 is 0 Å². The van der Waals surface area contributed by atoms with Gasteiger partial charge in [0.25, 0.3) is 0 Å². The van der Waals surface area contributed by atoms with Gasteiger partial charge in [-0.25, -0.2) is 0 Å². The number of aliphatic hydroxyl groups is 1. The van der Waals surface area contributed by atoms with Gasteiger partial charge in [-0.3, -0.25) is 9.69 Å². The summed E-state index contributed by atoms with van der Waals surface area (Å²) >= 11 is 0. The van der Waals surface area contributed by atoms with Crippen LogP contribution in [0.15, 0.2) is 0 Å². The van der Waals surface area contributed by atoms with Crippen molar-refractivity contribution in [3.63, 3.8) is 0 Å². The van der Waals surface area contributed by atoms with Crippen molar-refractivity contribution >= 4 is 5.91 Å². The summed E-state index contributed by atoms with van der Waals surface area (Å²) in [5.41, 5.74) is 0. The van der Waals surface area contributed by atoms with Crippen LogP contribution in [0.2, 0.25) is 0 Å². The number of nitrogens with one attached hydrogen (secondary N) is 1. The second-order valence-corrected chi connectivity index (χ2v) is 6.63. The van der Waals surface area contributed by atoms with Crippen molar-refractivity contribution < 1.29 is 9.90 Å². The quantitative estimate of drug-likeness (QED) is 0.828. The largest absolute Gasteiger partial charge is 0.393 e. The number of hydrogen-bond acceptors (Lipinski definition) is 3. The molecule has 1 saturated heterocycles. The number of amides is 1. The minimum absolute atomic E-state index is 0.0353. The maximum Gasteiger partial charge on any atom is 0.237 e. The third-order valence-corrected chi connectivity index (χ3v) is 5.14. The van der Waals surface area contributed by atoms with Crippen LogP contribution >= 0.6 is 0 Å². The van der Waals surface area contributed by atoms with Gasteiger partial charge in [0.1, 0.15) is 0 Å². The molecule has 116 valence electrons. The highest BCUT2D eigenvalue weighted by molar-refractivity contribution is 5.81. The normalized spacial score (nSPS) is 26.1. The van der Waals surface area contributed by atoms with Crippen molar-refractivity contribution in [2.75, 3.05) is 13.1 Å². The number of carbonyl (C=O) groups is 1. The Kier molecular flexibility index (Phi) is 5.85. The lowest BCUT2D eigenvalue weighted by Crippen LogP contribution is -2.51. The lowest BCUT2D eigenvalue weighted by atomic mass is 9.91. The van der Waals surface area contributed by atoms with Crippen molar-refractivity contribution in [1.82, 2.24) is 10.2 Å². The van der Waals surface area contributed by atoms with Crippen LogP contribution in [0.3, 0.4) is 0 Å². The molecule has 0 aromatic heterocycles. The van der Waals surface area contributed by atoms with Gasteiger partial charge < -0.3 is 10.4 Å². The van der Waals surface area contributed by atoms with Gasteiger partial charge in [-0.1, -0.05) is 19.3 Å². The molecule has 20 heavy (non-hydrogen) atoms. The molecule has 1 aliphatic carbocycles. The van der Waals surface area contributed by atoms with E-state index in [-0.39, 0.29) is 18.1 Å². The lowest BCUT2D eigenvalue weighted by molar-refractivity contribution is -0.127. The second-order valence-electron chi connectivity index (χ2n) is 6.63. The van der Waals surface area contributed by atoms with E-state index in [1.165, 1.54) is 19.3 Å². The minimum atomic E-state index is -0.219. The summed E-state index contributed by atoms with van der Waals surface area (Å²) in [5.74, 6) is 0.590. The first-order valence-corrected chi connectivity index (χ1v) is 8.30. The zero-order valence-electron chi connectivity index (χ0n) is 13.0. The van der Waals surface area contributed by atoms with Crippen molar-refractivity contribution in [2.45, 2.75) is 77.0 Å². The lowest BCUT2D eigenvalue weighted by Gasteiger charge is -2.37. The summed E-state index contributed by atoms with van der Waals surface area (Å²) in [5, 5.41) is 12.8. The standard InChI is InChI=1S/C16H30N2O2/c1-12(16(20)17-15-6-4-3-5-7-15)18-10-8-14(9-11-18)13(2)19/h12-15,19H,3-11H2,1-2H3,(H,17,20). The third kappa shape index (κ3) is 4.19. The first-order valence-electron chi connectivity index (χ1n) is 8.30. The summed E-state index contributed by atoms with van der Waals surface area (Å²) in [4.78, 5) is 14.6.